The Labute approximate surface area is 178 Å². The molecule has 6 nitrogen and oxygen atoms in total. The SMILES string of the molecule is CCN(CC)S(=O)(=O)c1ccc(CCN=C(N)N2CCC(C)CC2)s1.I. The summed E-state index contributed by atoms with van der Waals surface area (Å²) in [4.78, 5) is 7.64. The van der Waals surface area contributed by atoms with Crippen LogP contribution < -0.4 is 5.73 Å². The molecule has 1 saturated heterocycles. The van der Waals surface area contributed by atoms with E-state index in [1.54, 1.807) is 6.07 Å². The molecule has 1 aliphatic rings. The van der Waals surface area contributed by atoms with E-state index in [0.29, 0.717) is 36.2 Å². The van der Waals surface area contributed by atoms with Gasteiger partial charge in [0.1, 0.15) is 4.21 Å². The standard InChI is InChI=1S/C17H30N4O2S2.HI/c1-4-21(5-2)25(22,23)16-7-6-15(24-16)8-11-19-17(18)20-12-9-14(3)10-13-20;/h6-7,14H,4-5,8-13H2,1-3H3,(H2,18,19);1H. The summed E-state index contributed by atoms with van der Waals surface area (Å²) in [5.41, 5.74) is 6.09. The Hall–Kier alpha value is -0.390. The normalized spacial score (nSPS) is 16.8. The number of sulfonamides is 1. The Bertz CT molecular complexity index is 679. The molecule has 0 amide bonds. The average molecular weight is 514 g/mol. The van der Waals surface area contributed by atoms with Crippen LogP contribution in [0.15, 0.2) is 21.3 Å². The molecule has 2 heterocycles. The van der Waals surface area contributed by atoms with Crippen LogP contribution in [0.4, 0.5) is 0 Å². The first kappa shape index (κ1) is 23.6. The van der Waals surface area contributed by atoms with Crippen LogP contribution in [-0.2, 0) is 16.4 Å². The largest absolute Gasteiger partial charge is 0.370 e. The number of piperidine rings is 1. The Balaban J connectivity index is 0.00000338. The Morgan fingerprint density at radius 3 is 2.50 bits per heavy atom. The van der Waals surface area contributed by atoms with Crippen LogP contribution in [0.3, 0.4) is 0 Å². The second kappa shape index (κ2) is 10.8. The molecule has 2 N–H and O–H groups in total. The summed E-state index contributed by atoms with van der Waals surface area (Å²) in [5, 5.41) is 0. The lowest BCUT2D eigenvalue weighted by atomic mass is 10.00. The maximum atomic E-state index is 12.5. The fourth-order valence-corrected chi connectivity index (χ4v) is 5.90. The summed E-state index contributed by atoms with van der Waals surface area (Å²) in [5.74, 6) is 1.38. The smallest absolute Gasteiger partial charge is 0.252 e. The minimum atomic E-state index is -3.36. The van der Waals surface area contributed by atoms with Gasteiger partial charge >= 0.3 is 0 Å². The number of guanidine groups is 1. The van der Waals surface area contributed by atoms with E-state index in [9.17, 15) is 8.42 Å². The fourth-order valence-electron chi connectivity index (χ4n) is 2.94. The van der Waals surface area contributed by atoms with Crippen molar-refractivity contribution in [2.75, 3.05) is 32.7 Å². The number of likely N-dealkylation sites (tertiary alicyclic amines) is 1. The third kappa shape index (κ3) is 6.07. The van der Waals surface area contributed by atoms with E-state index in [0.717, 1.165) is 36.7 Å². The van der Waals surface area contributed by atoms with Crippen molar-refractivity contribution in [2.45, 2.75) is 44.2 Å². The van der Waals surface area contributed by atoms with Crippen LogP contribution in [0, 0.1) is 5.92 Å². The van der Waals surface area contributed by atoms with Crippen LogP contribution in [0.25, 0.3) is 0 Å². The summed E-state index contributed by atoms with van der Waals surface area (Å²) in [6, 6.07) is 3.59. The minimum Gasteiger partial charge on any atom is -0.370 e. The quantitative estimate of drug-likeness (QED) is 0.345. The molecule has 9 heteroatoms. The molecule has 0 aliphatic carbocycles. The Morgan fingerprint density at radius 1 is 1.31 bits per heavy atom. The molecule has 0 radical (unpaired) electrons. The molecule has 0 saturated carbocycles. The molecule has 26 heavy (non-hydrogen) atoms. The van der Waals surface area contributed by atoms with Crippen molar-refractivity contribution < 1.29 is 8.42 Å². The molecule has 2 rings (SSSR count). The van der Waals surface area contributed by atoms with Crippen molar-refractivity contribution in [3.8, 4) is 0 Å². The van der Waals surface area contributed by atoms with Gasteiger partial charge in [0.25, 0.3) is 10.0 Å². The van der Waals surface area contributed by atoms with Crippen LogP contribution in [0.5, 0.6) is 0 Å². The minimum absolute atomic E-state index is 0. The van der Waals surface area contributed by atoms with Gasteiger partial charge < -0.3 is 10.6 Å². The summed E-state index contributed by atoms with van der Waals surface area (Å²) in [7, 11) is -3.36. The highest BCUT2D eigenvalue weighted by atomic mass is 127. The van der Waals surface area contributed by atoms with Crippen molar-refractivity contribution >= 4 is 51.3 Å². The second-order valence-electron chi connectivity index (χ2n) is 6.47. The van der Waals surface area contributed by atoms with E-state index >= 15 is 0 Å². The van der Waals surface area contributed by atoms with Crippen molar-refractivity contribution in [3.05, 3.63) is 17.0 Å². The topological polar surface area (TPSA) is 79.0 Å². The van der Waals surface area contributed by atoms with Gasteiger partial charge in [-0.2, -0.15) is 4.31 Å². The van der Waals surface area contributed by atoms with Crippen molar-refractivity contribution in [3.63, 3.8) is 0 Å². The van der Waals surface area contributed by atoms with E-state index in [1.165, 1.54) is 15.6 Å². The lowest BCUT2D eigenvalue weighted by Crippen LogP contribution is -2.42. The van der Waals surface area contributed by atoms with Crippen LogP contribution in [0.1, 0.15) is 38.5 Å². The summed E-state index contributed by atoms with van der Waals surface area (Å²) in [6.07, 6.45) is 3.03. The molecule has 0 aromatic carbocycles. The van der Waals surface area contributed by atoms with Gasteiger partial charge in [-0.15, -0.1) is 35.3 Å². The first-order valence-electron chi connectivity index (χ1n) is 9.02. The van der Waals surface area contributed by atoms with Gasteiger partial charge in [-0.3, -0.25) is 4.99 Å². The molecule has 1 aliphatic heterocycles. The predicted octanol–water partition coefficient (Wildman–Crippen LogP) is 2.99. The van der Waals surface area contributed by atoms with Crippen molar-refractivity contribution in [1.29, 1.82) is 0 Å². The van der Waals surface area contributed by atoms with Gasteiger partial charge in [0.15, 0.2) is 5.96 Å². The first-order chi connectivity index (χ1) is 11.9. The molecule has 0 bridgehead atoms. The van der Waals surface area contributed by atoms with Gasteiger partial charge in [0, 0.05) is 44.0 Å². The van der Waals surface area contributed by atoms with E-state index in [2.05, 4.69) is 16.8 Å². The van der Waals surface area contributed by atoms with Gasteiger partial charge in [-0.1, -0.05) is 20.8 Å². The maximum absolute atomic E-state index is 12.5. The maximum Gasteiger partial charge on any atom is 0.252 e. The third-order valence-corrected chi connectivity index (χ3v) is 8.34. The highest BCUT2D eigenvalue weighted by Gasteiger charge is 2.23. The zero-order valence-electron chi connectivity index (χ0n) is 15.8. The molecule has 0 spiro atoms. The number of thiophene rings is 1. The van der Waals surface area contributed by atoms with Crippen LogP contribution in [-0.4, -0.2) is 56.3 Å². The van der Waals surface area contributed by atoms with Gasteiger partial charge in [-0.25, -0.2) is 8.42 Å². The zero-order valence-corrected chi connectivity index (χ0v) is 19.8. The van der Waals surface area contributed by atoms with Gasteiger partial charge in [0.05, 0.1) is 0 Å². The highest BCUT2D eigenvalue weighted by Crippen LogP contribution is 2.25. The molecule has 150 valence electrons. The van der Waals surface area contributed by atoms with Crippen LogP contribution >= 0.6 is 35.3 Å². The van der Waals surface area contributed by atoms with E-state index in [-0.39, 0.29) is 24.0 Å². The highest BCUT2D eigenvalue weighted by molar-refractivity contribution is 14.0. The molecule has 1 aromatic rings. The van der Waals surface area contributed by atoms with Gasteiger partial charge in [-0.05, 0) is 30.9 Å². The van der Waals surface area contributed by atoms with Crippen LogP contribution in [0.2, 0.25) is 0 Å². The number of halogens is 1. The predicted molar refractivity (Wildman–Crippen MR) is 120 cm³/mol. The zero-order chi connectivity index (χ0) is 18.4. The number of nitrogens with zero attached hydrogens (tertiary/aromatic N) is 3. The molecule has 1 aromatic heterocycles. The number of nitrogens with two attached hydrogens (primary N) is 1. The summed E-state index contributed by atoms with van der Waals surface area (Å²) < 4.78 is 26.9. The number of aliphatic imine (C=N–C) groups is 1. The second-order valence-corrected chi connectivity index (χ2v) is 9.80. The monoisotopic (exact) mass is 514 g/mol. The van der Waals surface area contributed by atoms with Crippen molar-refractivity contribution in [1.82, 2.24) is 9.21 Å². The molecule has 0 atom stereocenters. The van der Waals surface area contributed by atoms with E-state index in [1.807, 2.05) is 19.9 Å². The number of hydrogen-bond acceptors (Lipinski definition) is 4. The van der Waals surface area contributed by atoms with E-state index in [4.69, 9.17) is 5.73 Å². The van der Waals surface area contributed by atoms with E-state index < -0.39 is 10.0 Å². The molecular formula is C17H31IN4O2S2. The number of rotatable bonds is 7. The molecule has 0 unspecified atom stereocenters. The average Bonchev–Trinajstić information content (AvgIpc) is 3.06. The first-order valence-corrected chi connectivity index (χ1v) is 11.3. The Morgan fingerprint density at radius 2 is 1.92 bits per heavy atom. The Kier molecular flexibility index (Phi) is 9.84. The van der Waals surface area contributed by atoms with Gasteiger partial charge in [0.2, 0.25) is 0 Å². The lowest BCUT2D eigenvalue weighted by molar-refractivity contribution is 0.277. The third-order valence-electron chi connectivity index (χ3n) is 4.68. The fraction of sp³-hybridized carbons (Fsp3) is 0.706. The summed E-state index contributed by atoms with van der Waals surface area (Å²) in [6.45, 7) is 9.49. The summed E-state index contributed by atoms with van der Waals surface area (Å²) >= 11 is 1.33. The van der Waals surface area contributed by atoms with Crippen molar-refractivity contribution in [2.24, 2.45) is 16.6 Å². The number of hydrogen-bond donors (Lipinski definition) is 1. The molecular weight excluding hydrogens is 483 g/mol. The molecule has 1 fully saturated rings. The lowest BCUT2D eigenvalue weighted by Gasteiger charge is -2.31.